The molecule has 0 unspecified atom stereocenters. The van der Waals surface area contributed by atoms with Crippen molar-refractivity contribution in [2.75, 3.05) is 32.6 Å². The van der Waals surface area contributed by atoms with E-state index < -0.39 is 6.03 Å². The van der Waals surface area contributed by atoms with Crippen LogP contribution < -0.4 is 25.4 Å². The molecule has 20 heavy (non-hydrogen) atoms. The Balaban J connectivity index is 0.00000200. The lowest BCUT2D eigenvalue weighted by Crippen LogP contribution is -2.40. The Kier molecular flexibility index (Phi) is 5.92. The second-order valence-corrected chi connectivity index (χ2v) is 3.77. The van der Waals surface area contributed by atoms with Gasteiger partial charge in [0.15, 0.2) is 5.96 Å². The minimum absolute atomic E-state index is 0. The minimum atomic E-state index is -0.407. The maximum atomic E-state index is 11.9. The smallest absolute Gasteiger partial charge is 0.326 e. The molecule has 110 valence electrons. The highest BCUT2D eigenvalue weighted by molar-refractivity contribution is 6.04. The number of nitrogens with one attached hydrogen (secondary N) is 3. The van der Waals surface area contributed by atoms with Crippen molar-refractivity contribution in [3.05, 3.63) is 18.2 Å². The van der Waals surface area contributed by atoms with Crippen LogP contribution in [-0.2, 0) is 0 Å². The number of hydrogen-bond donors (Lipinski definition) is 3. The highest BCUT2D eigenvalue weighted by Gasteiger charge is 2.15. The second-order valence-electron chi connectivity index (χ2n) is 3.77. The van der Waals surface area contributed by atoms with Gasteiger partial charge in [-0.15, -0.1) is 12.4 Å². The van der Waals surface area contributed by atoms with Gasteiger partial charge in [-0.3, -0.25) is 10.3 Å². The summed E-state index contributed by atoms with van der Waals surface area (Å²) in [6.07, 6.45) is 0. The third kappa shape index (κ3) is 3.67. The number of hydrogen-bond acceptors (Lipinski definition) is 5. The summed E-state index contributed by atoms with van der Waals surface area (Å²) >= 11 is 0. The zero-order valence-corrected chi connectivity index (χ0v) is 12.0. The minimum Gasteiger partial charge on any atom is -0.494 e. The number of carbonyl (C=O) groups excluding carboxylic acids is 1. The summed E-state index contributed by atoms with van der Waals surface area (Å²) in [7, 11) is 3.06. The summed E-state index contributed by atoms with van der Waals surface area (Å²) in [6.45, 7) is 1.39. The zero-order chi connectivity index (χ0) is 13.7. The monoisotopic (exact) mass is 300 g/mol. The zero-order valence-electron chi connectivity index (χ0n) is 11.2. The first-order valence-electron chi connectivity index (χ1n) is 5.82. The molecule has 0 saturated carbocycles. The highest BCUT2D eigenvalue weighted by Crippen LogP contribution is 2.33. The largest absolute Gasteiger partial charge is 0.494 e. The van der Waals surface area contributed by atoms with Gasteiger partial charge in [-0.2, -0.15) is 0 Å². The fraction of sp³-hybridized carbons (Fsp3) is 0.333. The summed E-state index contributed by atoms with van der Waals surface area (Å²) in [6, 6.07) is 4.85. The third-order valence-electron chi connectivity index (χ3n) is 2.57. The van der Waals surface area contributed by atoms with E-state index in [1.165, 1.54) is 14.2 Å². The van der Waals surface area contributed by atoms with Gasteiger partial charge in [0.2, 0.25) is 0 Å². The molecular weight excluding hydrogens is 284 g/mol. The van der Waals surface area contributed by atoms with E-state index in [0.717, 1.165) is 6.54 Å². The summed E-state index contributed by atoms with van der Waals surface area (Å²) in [4.78, 5) is 15.9. The number of benzene rings is 1. The number of anilines is 1. The lowest BCUT2D eigenvalue weighted by atomic mass is 10.2. The predicted octanol–water partition coefficient (Wildman–Crippen LogP) is 1.21. The average Bonchev–Trinajstić information content (AvgIpc) is 2.91. The quantitative estimate of drug-likeness (QED) is 0.783. The number of nitrogens with zero attached hydrogens (tertiary/aromatic N) is 1. The van der Waals surface area contributed by atoms with Crippen molar-refractivity contribution < 1.29 is 14.3 Å². The van der Waals surface area contributed by atoms with E-state index in [2.05, 4.69) is 20.9 Å². The van der Waals surface area contributed by atoms with Crippen LogP contribution in [0, 0.1) is 0 Å². The number of guanidine groups is 1. The first-order valence-corrected chi connectivity index (χ1v) is 5.82. The van der Waals surface area contributed by atoms with Crippen molar-refractivity contribution in [3.8, 4) is 11.5 Å². The summed E-state index contributed by atoms with van der Waals surface area (Å²) in [5.41, 5.74) is 0.476. The van der Waals surface area contributed by atoms with Crippen LogP contribution in [0.1, 0.15) is 0 Å². The Morgan fingerprint density at radius 3 is 2.40 bits per heavy atom. The predicted molar refractivity (Wildman–Crippen MR) is 79.3 cm³/mol. The molecule has 0 saturated heterocycles. The fourth-order valence-electron chi connectivity index (χ4n) is 1.71. The molecule has 1 aromatic rings. The van der Waals surface area contributed by atoms with Crippen LogP contribution in [0.4, 0.5) is 10.5 Å². The van der Waals surface area contributed by atoms with Gasteiger partial charge in [0.05, 0.1) is 20.8 Å². The second kappa shape index (κ2) is 7.44. The van der Waals surface area contributed by atoms with Crippen molar-refractivity contribution in [1.29, 1.82) is 0 Å². The van der Waals surface area contributed by atoms with Gasteiger partial charge in [0.1, 0.15) is 17.2 Å². The topological polar surface area (TPSA) is 84.0 Å². The van der Waals surface area contributed by atoms with E-state index in [-0.39, 0.29) is 12.4 Å². The number of rotatable bonds is 3. The molecule has 3 N–H and O–H groups in total. The van der Waals surface area contributed by atoms with Crippen LogP contribution >= 0.6 is 12.4 Å². The van der Waals surface area contributed by atoms with Crippen molar-refractivity contribution in [2.24, 2.45) is 4.99 Å². The van der Waals surface area contributed by atoms with E-state index in [1.54, 1.807) is 18.2 Å². The number of ether oxygens (including phenoxy) is 2. The van der Waals surface area contributed by atoms with Crippen LogP contribution in [0.2, 0.25) is 0 Å². The normalized spacial score (nSPS) is 12.6. The highest BCUT2D eigenvalue weighted by atomic mass is 35.5. The summed E-state index contributed by atoms with van der Waals surface area (Å²) < 4.78 is 10.4. The Morgan fingerprint density at radius 1 is 1.25 bits per heavy atom. The molecule has 8 heteroatoms. The van der Waals surface area contributed by atoms with Gasteiger partial charge in [-0.1, -0.05) is 6.07 Å². The summed E-state index contributed by atoms with van der Waals surface area (Å²) in [5, 5.41) is 8.24. The number of amides is 2. The molecule has 1 aromatic carbocycles. The molecule has 1 aliphatic heterocycles. The number of aliphatic imine (C=N–C) groups is 1. The standard InChI is InChI=1S/C12H16N4O3.ClH/c1-18-8-4-3-5-9(19-2)10(8)15-12(17)16-11-13-6-7-14-11;/h3-5H,6-7H2,1-2H3,(H3,13,14,15,16,17);1H. The van der Waals surface area contributed by atoms with Crippen LogP contribution in [0.3, 0.4) is 0 Å². The molecule has 0 fully saturated rings. The Labute approximate surface area is 123 Å². The molecule has 1 aliphatic rings. The molecule has 0 radical (unpaired) electrons. The number of para-hydroxylation sites is 1. The van der Waals surface area contributed by atoms with E-state index in [9.17, 15) is 4.79 Å². The molecule has 0 aromatic heterocycles. The van der Waals surface area contributed by atoms with Crippen molar-refractivity contribution in [2.45, 2.75) is 0 Å². The van der Waals surface area contributed by atoms with Crippen molar-refractivity contribution >= 4 is 30.1 Å². The Bertz CT molecular complexity index is 485. The van der Waals surface area contributed by atoms with Gasteiger partial charge in [-0.05, 0) is 12.1 Å². The average molecular weight is 301 g/mol. The van der Waals surface area contributed by atoms with E-state index in [4.69, 9.17) is 9.47 Å². The molecule has 2 amide bonds. The van der Waals surface area contributed by atoms with Gasteiger partial charge in [-0.25, -0.2) is 4.79 Å². The SMILES string of the molecule is COc1cccc(OC)c1NC(=O)NC1=NCCN1.Cl. The first kappa shape index (κ1) is 15.9. The number of urea groups is 1. The van der Waals surface area contributed by atoms with Gasteiger partial charge >= 0.3 is 6.03 Å². The van der Waals surface area contributed by atoms with Crippen LogP contribution in [0.15, 0.2) is 23.2 Å². The molecule has 1 heterocycles. The first-order chi connectivity index (χ1) is 9.24. The lowest BCUT2D eigenvalue weighted by Gasteiger charge is -2.14. The van der Waals surface area contributed by atoms with Crippen molar-refractivity contribution in [3.63, 3.8) is 0 Å². The Morgan fingerprint density at radius 2 is 1.90 bits per heavy atom. The van der Waals surface area contributed by atoms with Crippen LogP contribution in [0.25, 0.3) is 0 Å². The van der Waals surface area contributed by atoms with Crippen LogP contribution in [0.5, 0.6) is 11.5 Å². The van der Waals surface area contributed by atoms with Crippen molar-refractivity contribution in [1.82, 2.24) is 10.6 Å². The van der Waals surface area contributed by atoms with E-state index in [1.807, 2.05) is 0 Å². The molecule has 0 atom stereocenters. The molecule has 7 nitrogen and oxygen atoms in total. The number of carbonyl (C=O) groups is 1. The maximum Gasteiger partial charge on any atom is 0.326 e. The molecule has 2 rings (SSSR count). The molecule has 0 spiro atoms. The number of methoxy groups -OCH3 is 2. The molecular formula is C12H17ClN4O3. The van der Waals surface area contributed by atoms with Crippen LogP contribution in [-0.4, -0.2) is 39.3 Å². The molecule has 0 bridgehead atoms. The number of halogens is 1. The lowest BCUT2D eigenvalue weighted by molar-refractivity contribution is 0.255. The maximum absolute atomic E-state index is 11.9. The summed E-state index contributed by atoms with van der Waals surface area (Å²) in [5.74, 6) is 1.51. The van der Waals surface area contributed by atoms with E-state index >= 15 is 0 Å². The Hall–Kier alpha value is -2.15. The van der Waals surface area contributed by atoms with E-state index in [0.29, 0.717) is 29.7 Å². The fourth-order valence-corrected chi connectivity index (χ4v) is 1.71. The van der Waals surface area contributed by atoms with Gasteiger partial charge in [0, 0.05) is 6.54 Å². The molecule has 0 aliphatic carbocycles. The van der Waals surface area contributed by atoms with Gasteiger partial charge in [0.25, 0.3) is 0 Å². The third-order valence-corrected chi connectivity index (χ3v) is 2.57. The van der Waals surface area contributed by atoms with Gasteiger partial charge < -0.3 is 20.1 Å².